The standard InChI is InChI=1S/C30H36N4O/c1-2-3-4-5-6-7-8-9-10-13-16-34-26-20-24-18-22-15-12-11-14-21(22)17-23(24)19-25(26)27-28(34)29(35)33-30(31)32-27/h11-12,14-15,17-20H,2-10,13,16H2,1H3,(H3,31,32,33,35). The molecule has 0 saturated carbocycles. The van der Waals surface area contributed by atoms with Gasteiger partial charge in [-0.2, -0.15) is 0 Å². The zero-order valence-corrected chi connectivity index (χ0v) is 20.8. The van der Waals surface area contributed by atoms with Gasteiger partial charge in [0.2, 0.25) is 5.95 Å². The zero-order valence-electron chi connectivity index (χ0n) is 20.8. The minimum absolute atomic E-state index is 0.162. The number of aromatic nitrogens is 3. The molecule has 0 saturated heterocycles. The lowest BCUT2D eigenvalue weighted by atomic mass is 10.0. The van der Waals surface area contributed by atoms with E-state index in [1.807, 2.05) is 0 Å². The highest BCUT2D eigenvalue weighted by atomic mass is 16.1. The third-order valence-electron chi connectivity index (χ3n) is 7.28. The van der Waals surface area contributed by atoms with Gasteiger partial charge in [-0.05, 0) is 52.2 Å². The number of nitrogens with one attached hydrogen (secondary N) is 1. The summed E-state index contributed by atoms with van der Waals surface area (Å²) >= 11 is 0. The van der Waals surface area contributed by atoms with Crippen LogP contribution < -0.4 is 11.3 Å². The minimum Gasteiger partial charge on any atom is -0.369 e. The molecule has 35 heavy (non-hydrogen) atoms. The van der Waals surface area contributed by atoms with E-state index in [1.54, 1.807) is 0 Å². The molecule has 0 fully saturated rings. The van der Waals surface area contributed by atoms with Crippen LogP contribution in [0.5, 0.6) is 0 Å². The number of unbranched alkanes of at least 4 members (excludes halogenated alkanes) is 9. The van der Waals surface area contributed by atoms with Crippen molar-refractivity contribution >= 4 is 49.4 Å². The number of anilines is 1. The predicted octanol–water partition coefficient (Wildman–Crippen LogP) is 7.69. The van der Waals surface area contributed by atoms with Crippen molar-refractivity contribution in [3.63, 3.8) is 0 Å². The van der Waals surface area contributed by atoms with Gasteiger partial charge in [-0.3, -0.25) is 9.78 Å². The van der Waals surface area contributed by atoms with Crippen LogP contribution in [0.4, 0.5) is 5.95 Å². The second-order valence-electron chi connectivity index (χ2n) is 9.90. The molecule has 0 bridgehead atoms. The molecule has 5 heteroatoms. The van der Waals surface area contributed by atoms with E-state index in [1.165, 1.54) is 73.9 Å². The van der Waals surface area contributed by atoms with Crippen molar-refractivity contribution in [1.29, 1.82) is 0 Å². The van der Waals surface area contributed by atoms with Gasteiger partial charge >= 0.3 is 0 Å². The number of rotatable bonds is 11. The van der Waals surface area contributed by atoms with E-state index in [9.17, 15) is 4.79 Å². The number of nitrogens with two attached hydrogens (primary N) is 1. The van der Waals surface area contributed by atoms with Gasteiger partial charge in [-0.25, -0.2) is 4.98 Å². The summed E-state index contributed by atoms with van der Waals surface area (Å²) in [5.41, 5.74) is 8.17. The molecule has 5 aromatic rings. The van der Waals surface area contributed by atoms with E-state index in [0.717, 1.165) is 29.3 Å². The van der Waals surface area contributed by atoms with Gasteiger partial charge in [0.05, 0.1) is 5.52 Å². The fourth-order valence-electron chi connectivity index (χ4n) is 5.43. The zero-order chi connectivity index (χ0) is 24.2. The number of hydrogen-bond acceptors (Lipinski definition) is 3. The molecule has 0 aliphatic rings. The van der Waals surface area contributed by atoms with E-state index in [-0.39, 0.29) is 11.5 Å². The molecule has 2 heterocycles. The molecule has 2 aromatic heterocycles. The Hall–Kier alpha value is -3.34. The Morgan fingerprint density at radius 1 is 0.800 bits per heavy atom. The summed E-state index contributed by atoms with van der Waals surface area (Å²) in [5, 5.41) is 5.74. The lowest BCUT2D eigenvalue weighted by molar-refractivity contribution is 0.541. The quantitative estimate of drug-likeness (QED) is 0.154. The number of aryl methyl sites for hydroxylation is 1. The molecule has 0 radical (unpaired) electrons. The minimum atomic E-state index is -0.162. The molecule has 0 aliphatic carbocycles. The van der Waals surface area contributed by atoms with Crippen LogP contribution >= 0.6 is 0 Å². The SMILES string of the molecule is CCCCCCCCCCCCn1c2cc3cc4ccccc4cc3cc2c2nc(N)[nH]c(=O)c21. The summed E-state index contributed by atoms with van der Waals surface area (Å²) < 4.78 is 2.16. The average molecular weight is 469 g/mol. The van der Waals surface area contributed by atoms with Crippen LogP contribution in [-0.4, -0.2) is 14.5 Å². The number of nitrogen functional groups attached to an aromatic ring is 1. The third kappa shape index (κ3) is 4.90. The van der Waals surface area contributed by atoms with Crippen LogP contribution in [0, 0.1) is 0 Å². The van der Waals surface area contributed by atoms with E-state index in [4.69, 9.17) is 5.73 Å². The molecule has 0 atom stereocenters. The van der Waals surface area contributed by atoms with Crippen LogP contribution in [0.1, 0.15) is 71.1 Å². The van der Waals surface area contributed by atoms with E-state index in [2.05, 4.69) is 70.0 Å². The fraction of sp³-hybridized carbons (Fsp3) is 0.400. The average Bonchev–Trinajstić information content (AvgIpc) is 3.15. The van der Waals surface area contributed by atoms with Crippen molar-refractivity contribution in [3.8, 4) is 0 Å². The predicted molar refractivity (Wildman–Crippen MR) is 149 cm³/mol. The Labute approximate surface area is 206 Å². The van der Waals surface area contributed by atoms with Crippen molar-refractivity contribution in [2.45, 2.75) is 77.7 Å². The van der Waals surface area contributed by atoms with Gasteiger partial charge in [-0.15, -0.1) is 0 Å². The van der Waals surface area contributed by atoms with E-state index >= 15 is 0 Å². The first-order chi connectivity index (χ1) is 17.2. The highest BCUT2D eigenvalue weighted by Crippen LogP contribution is 2.32. The lowest BCUT2D eigenvalue weighted by Gasteiger charge is -2.08. The van der Waals surface area contributed by atoms with Crippen molar-refractivity contribution in [1.82, 2.24) is 14.5 Å². The van der Waals surface area contributed by atoms with Gasteiger partial charge in [-0.1, -0.05) is 89.0 Å². The molecular weight excluding hydrogens is 432 g/mol. The number of hydrogen-bond donors (Lipinski definition) is 2. The third-order valence-corrected chi connectivity index (χ3v) is 7.28. The molecule has 5 rings (SSSR count). The summed E-state index contributed by atoms with van der Waals surface area (Å²) in [5.74, 6) is 0.166. The normalized spacial score (nSPS) is 11.9. The lowest BCUT2D eigenvalue weighted by Crippen LogP contribution is -2.14. The Morgan fingerprint density at radius 2 is 1.40 bits per heavy atom. The summed E-state index contributed by atoms with van der Waals surface area (Å²) in [6, 6.07) is 17.2. The molecule has 0 unspecified atom stereocenters. The largest absolute Gasteiger partial charge is 0.369 e. The molecule has 182 valence electrons. The van der Waals surface area contributed by atoms with Crippen LogP contribution in [0.3, 0.4) is 0 Å². The Bertz CT molecular complexity index is 1530. The molecule has 3 N–H and O–H groups in total. The maximum absolute atomic E-state index is 13.0. The van der Waals surface area contributed by atoms with Gasteiger partial charge in [0, 0.05) is 11.9 Å². The van der Waals surface area contributed by atoms with E-state index in [0.29, 0.717) is 11.0 Å². The Balaban J connectivity index is 1.41. The van der Waals surface area contributed by atoms with Crippen LogP contribution in [0.15, 0.2) is 53.3 Å². The van der Waals surface area contributed by atoms with Gasteiger partial charge in [0.25, 0.3) is 5.56 Å². The molecular formula is C30H36N4O. The number of fused-ring (bicyclic) bond motifs is 5. The maximum atomic E-state index is 13.0. The number of aromatic amines is 1. The topological polar surface area (TPSA) is 76.7 Å². The summed E-state index contributed by atoms with van der Waals surface area (Å²) in [6.45, 7) is 3.07. The van der Waals surface area contributed by atoms with E-state index < -0.39 is 0 Å². The van der Waals surface area contributed by atoms with Gasteiger partial charge < -0.3 is 10.3 Å². The Kier molecular flexibility index (Phi) is 7.03. The second-order valence-corrected chi connectivity index (χ2v) is 9.90. The summed E-state index contributed by atoms with van der Waals surface area (Å²) in [7, 11) is 0. The molecule has 3 aromatic carbocycles. The van der Waals surface area contributed by atoms with Crippen LogP contribution in [-0.2, 0) is 6.54 Å². The van der Waals surface area contributed by atoms with Crippen molar-refractivity contribution in [2.24, 2.45) is 0 Å². The first-order valence-corrected chi connectivity index (χ1v) is 13.3. The van der Waals surface area contributed by atoms with Crippen molar-refractivity contribution in [2.75, 3.05) is 5.73 Å². The van der Waals surface area contributed by atoms with Crippen molar-refractivity contribution < 1.29 is 0 Å². The fourth-order valence-corrected chi connectivity index (χ4v) is 5.43. The number of H-pyrrole nitrogens is 1. The Morgan fingerprint density at radius 3 is 2.06 bits per heavy atom. The molecule has 0 aliphatic heterocycles. The van der Waals surface area contributed by atoms with Gasteiger partial charge in [0.15, 0.2) is 0 Å². The smallest absolute Gasteiger partial charge is 0.276 e. The van der Waals surface area contributed by atoms with Crippen molar-refractivity contribution in [3.05, 3.63) is 58.9 Å². The molecule has 0 amide bonds. The molecule has 5 nitrogen and oxygen atoms in total. The summed E-state index contributed by atoms with van der Waals surface area (Å²) in [6.07, 6.45) is 12.9. The molecule has 0 spiro atoms. The first kappa shape index (κ1) is 23.4. The monoisotopic (exact) mass is 468 g/mol. The van der Waals surface area contributed by atoms with Gasteiger partial charge in [0.1, 0.15) is 11.0 Å². The van der Waals surface area contributed by atoms with Crippen LogP contribution in [0.25, 0.3) is 43.5 Å². The highest BCUT2D eigenvalue weighted by Gasteiger charge is 2.17. The maximum Gasteiger partial charge on any atom is 0.276 e. The summed E-state index contributed by atoms with van der Waals surface area (Å²) in [4.78, 5) is 20.2. The highest BCUT2D eigenvalue weighted by molar-refractivity contribution is 6.12. The second kappa shape index (κ2) is 10.5. The number of nitrogens with zero attached hydrogens (tertiary/aromatic N) is 2. The van der Waals surface area contributed by atoms with Crippen LogP contribution in [0.2, 0.25) is 0 Å². The number of benzene rings is 3. The first-order valence-electron chi connectivity index (χ1n) is 13.3.